The third kappa shape index (κ3) is 5.06. The van der Waals surface area contributed by atoms with Crippen LogP contribution in [0.2, 0.25) is 0 Å². The lowest BCUT2D eigenvalue weighted by molar-refractivity contribution is 0.0827. The lowest BCUT2D eigenvalue weighted by Gasteiger charge is -2.24. The summed E-state index contributed by atoms with van der Waals surface area (Å²) in [5, 5.41) is 9.88. The van der Waals surface area contributed by atoms with Crippen LogP contribution >= 0.6 is 11.3 Å². The molecule has 140 valence electrons. The third-order valence-electron chi connectivity index (χ3n) is 4.15. The number of thiophene rings is 1. The fraction of sp³-hybridized carbons (Fsp3) is 0.368. The quantitative estimate of drug-likeness (QED) is 0.816. The van der Waals surface area contributed by atoms with E-state index in [4.69, 9.17) is 0 Å². The number of nitrogens with zero attached hydrogens (tertiary/aromatic N) is 2. The molecule has 2 aromatic rings. The van der Waals surface area contributed by atoms with Crippen molar-refractivity contribution in [3.8, 4) is 0 Å². The van der Waals surface area contributed by atoms with Gasteiger partial charge in [-0.1, -0.05) is 6.07 Å². The van der Waals surface area contributed by atoms with E-state index in [0.717, 1.165) is 5.56 Å². The molecule has 0 saturated heterocycles. The molecule has 0 fully saturated rings. The van der Waals surface area contributed by atoms with E-state index >= 15 is 0 Å². The van der Waals surface area contributed by atoms with Crippen molar-refractivity contribution in [3.63, 3.8) is 0 Å². The van der Waals surface area contributed by atoms with Gasteiger partial charge in [-0.25, -0.2) is 4.79 Å². The summed E-state index contributed by atoms with van der Waals surface area (Å²) in [5.41, 5.74) is 3.25. The normalized spacial score (nSPS) is 11.9. The Kier molecular flexibility index (Phi) is 6.76. The Morgan fingerprint density at radius 2 is 1.88 bits per heavy atom. The third-order valence-corrected chi connectivity index (χ3v) is 4.85. The van der Waals surface area contributed by atoms with Crippen LogP contribution in [0.3, 0.4) is 0 Å². The summed E-state index contributed by atoms with van der Waals surface area (Å²) in [7, 11) is 7.38. The molecule has 0 aliphatic heterocycles. The van der Waals surface area contributed by atoms with Crippen molar-refractivity contribution in [2.24, 2.45) is 0 Å². The molecule has 1 heterocycles. The van der Waals surface area contributed by atoms with Gasteiger partial charge in [0.15, 0.2) is 0 Å². The molecule has 0 bridgehead atoms. The van der Waals surface area contributed by atoms with Crippen molar-refractivity contribution in [1.29, 1.82) is 0 Å². The van der Waals surface area contributed by atoms with Gasteiger partial charge in [-0.3, -0.25) is 4.79 Å². The molecule has 3 amide bonds. The lowest BCUT2D eigenvalue weighted by atomic mass is 10.1. The number of carbonyl (C=O) groups is 2. The second kappa shape index (κ2) is 8.82. The summed E-state index contributed by atoms with van der Waals surface area (Å²) in [4.78, 5) is 28.0. The number of benzene rings is 1. The average Bonchev–Trinajstić information content (AvgIpc) is 3.10. The van der Waals surface area contributed by atoms with Crippen LogP contribution in [0.5, 0.6) is 0 Å². The molecule has 0 aliphatic carbocycles. The number of hydrogen-bond donors (Lipinski definition) is 2. The predicted molar refractivity (Wildman–Crippen MR) is 107 cm³/mol. The van der Waals surface area contributed by atoms with Crippen LogP contribution in [-0.2, 0) is 0 Å². The molecule has 7 heteroatoms. The molecule has 2 rings (SSSR count). The van der Waals surface area contributed by atoms with Crippen LogP contribution in [0, 0.1) is 6.92 Å². The van der Waals surface area contributed by atoms with E-state index in [0.29, 0.717) is 17.8 Å². The van der Waals surface area contributed by atoms with Crippen LogP contribution < -0.4 is 10.6 Å². The van der Waals surface area contributed by atoms with E-state index in [1.165, 1.54) is 10.5 Å². The van der Waals surface area contributed by atoms with Gasteiger partial charge in [0.1, 0.15) is 0 Å². The molecule has 1 aromatic heterocycles. The molecule has 0 saturated carbocycles. The summed E-state index contributed by atoms with van der Waals surface area (Å²) in [6, 6.07) is 7.19. The SMILES string of the molecule is Cc1ccc(C(=O)N(C)C)cc1NC(=O)NC[C@H](c1ccsc1)N(C)C. The number of hydrogen-bond acceptors (Lipinski definition) is 4. The Morgan fingerprint density at radius 3 is 2.46 bits per heavy atom. The van der Waals surface area contributed by atoms with Gasteiger partial charge in [0.2, 0.25) is 0 Å². The maximum atomic E-state index is 12.3. The van der Waals surface area contributed by atoms with E-state index < -0.39 is 0 Å². The highest BCUT2D eigenvalue weighted by atomic mass is 32.1. The number of urea groups is 1. The van der Waals surface area contributed by atoms with Crippen LogP contribution in [0.1, 0.15) is 27.5 Å². The minimum atomic E-state index is -0.287. The molecule has 0 spiro atoms. The first-order valence-corrected chi connectivity index (χ1v) is 9.29. The number of nitrogens with one attached hydrogen (secondary N) is 2. The molecular formula is C19H26N4O2S. The van der Waals surface area contributed by atoms with Crippen LogP contribution in [0.4, 0.5) is 10.5 Å². The second-order valence-corrected chi connectivity index (χ2v) is 7.38. The highest BCUT2D eigenvalue weighted by Gasteiger charge is 2.16. The Bertz CT molecular complexity index is 757. The fourth-order valence-electron chi connectivity index (χ4n) is 2.57. The first-order chi connectivity index (χ1) is 12.3. The first kappa shape index (κ1) is 19.9. The fourth-order valence-corrected chi connectivity index (χ4v) is 3.27. The zero-order valence-electron chi connectivity index (χ0n) is 15.9. The highest BCUT2D eigenvalue weighted by molar-refractivity contribution is 7.07. The smallest absolute Gasteiger partial charge is 0.319 e. The maximum Gasteiger partial charge on any atom is 0.319 e. The largest absolute Gasteiger partial charge is 0.345 e. The molecule has 2 N–H and O–H groups in total. The van der Waals surface area contributed by atoms with Crippen molar-refractivity contribution in [3.05, 3.63) is 51.7 Å². The van der Waals surface area contributed by atoms with E-state index in [1.807, 2.05) is 32.5 Å². The molecule has 6 nitrogen and oxygen atoms in total. The second-order valence-electron chi connectivity index (χ2n) is 6.60. The Hall–Kier alpha value is -2.38. The number of carbonyl (C=O) groups excluding carboxylic acids is 2. The van der Waals surface area contributed by atoms with Gasteiger partial charge in [-0.05, 0) is 61.1 Å². The maximum absolute atomic E-state index is 12.3. The average molecular weight is 375 g/mol. The van der Waals surface area contributed by atoms with Crippen LogP contribution in [0.15, 0.2) is 35.0 Å². The molecule has 0 aliphatic rings. The number of likely N-dealkylation sites (N-methyl/N-ethyl adjacent to an activating group) is 1. The Morgan fingerprint density at radius 1 is 1.15 bits per heavy atom. The van der Waals surface area contributed by atoms with E-state index in [1.54, 1.807) is 37.6 Å². The zero-order chi connectivity index (χ0) is 19.3. The molecule has 26 heavy (non-hydrogen) atoms. The van der Waals surface area contributed by atoms with Gasteiger partial charge < -0.3 is 20.4 Å². The number of anilines is 1. The Labute approximate surface area is 158 Å². The molecule has 0 unspecified atom stereocenters. The Balaban J connectivity index is 2.03. The summed E-state index contributed by atoms with van der Waals surface area (Å²) in [6.45, 7) is 2.39. The molecule has 1 atom stereocenters. The summed E-state index contributed by atoms with van der Waals surface area (Å²) >= 11 is 1.64. The van der Waals surface area contributed by atoms with Gasteiger partial charge in [0.05, 0.1) is 6.04 Å². The predicted octanol–water partition coefficient (Wildman–Crippen LogP) is 3.18. The van der Waals surface area contributed by atoms with Gasteiger partial charge in [-0.2, -0.15) is 11.3 Å². The highest BCUT2D eigenvalue weighted by Crippen LogP contribution is 2.21. The summed E-state index contributed by atoms with van der Waals surface area (Å²) < 4.78 is 0. The van der Waals surface area contributed by atoms with E-state index in [2.05, 4.69) is 27.0 Å². The van der Waals surface area contributed by atoms with E-state index in [9.17, 15) is 9.59 Å². The minimum absolute atomic E-state index is 0.0985. The summed E-state index contributed by atoms with van der Waals surface area (Å²) in [6.07, 6.45) is 0. The van der Waals surface area contributed by atoms with Crippen molar-refractivity contribution >= 4 is 29.0 Å². The lowest BCUT2D eigenvalue weighted by Crippen LogP contribution is -2.36. The van der Waals surface area contributed by atoms with E-state index in [-0.39, 0.29) is 18.0 Å². The van der Waals surface area contributed by atoms with Crippen molar-refractivity contribution in [2.75, 3.05) is 40.1 Å². The van der Waals surface area contributed by atoms with Crippen molar-refractivity contribution in [2.45, 2.75) is 13.0 Å². The number of rotatable bonds is 6. The topological polar surface area (TPSA) is 64.7 Å². The zero-order valence-corrected chi connectivity index (χ0v) is 16.7. The van der Waals surface area contributed by atoms with Crippen LogP contribution in [0.25, 0.3) is 0 Å². The first-order valence-electron chi connectivity index (χ1n) is 8.35. The monoisotopic (exact) mass is 374 g/mol. The molecular weight excluding hydrogens is 348 g/mol. The number of amides is 3. The number of aryl methyl sites for hydroxylation is 1. The van der Waals surface area contributed by atoms with Gasteiger partial charge in [0.25, 0.3) is 5.91 Å². The van der Waals surface area contributed by atoms with Crippen molar-refractivity contribution in [1.82, 2.24) is 15.1 Å². The van der Waals surface area contributed by atoms with Crippen molar-refractivity contribution < 1.29 is 9.59 Å². The minimum Gasteiger partial charge on any atom is -0.345 e. The van der Waals surface area contributed by atoms with Crippen LogP contribution in [-0.4, -0.2) is 56.5 Å². The van der Waals surface area contributed by atoms with Gasteiger partial charge >= 0.3 is 6.03 Å². The molecule has 1 aromatic carbocycles. The molecule has 0 radical (unpaired) electrons. The standard InChI is InChI=1S/C19H26N4O2S/c1-13-6-7-14(18(24)23(4)5)10-16(13)21-19(25)20-11-17(22(2)3)15-8-9-26-12-15/h6-10,12,17H,11H2,1-5H3,(H2,20,21,25)/t17-/m1/s1. The van der Waals surface area contributed by atoms with Gasteiger partial charge in [0, 0.05) is 31.9 Å². The van der Waals surface area contributed by atoms with Gasteiger partial charge in [-0.15, -0.1) is 0 Å². The summed E-state index contributed by atoms with van der Waals surface area (Å²) in [5.74, 6) is -0.0985.